The Kier molecular flexibility index (Phi) is 6.63. The molecule has 0 saturated carbocycles. The average Bonchev–Trinajstić information content (AvgIpc) is 3.29. The highest BCUT2D eigenvalue weighted by Crippen LogP contribution is 2.24. The molecule has 150 valence electrons. The SMILES string of the molecule is CC[C@@H](C(=O)N1CCCC1)n1c(C)c(C)sc1=NC(=O)c1ccc(Cl)c(Cl)c1. The van der Waals surface area contributed by atoms with Crippen molar-refractivity contribution in [3.63, 3.8) is 0 Å². The van der Waals surface area contributed by atoms with Crippen LogP contribution in [-0.4, -0.2) is 34.4 Å². The van der Waals surface area contributed by atoms with Crippen molar-refractivity contribution in [2.45, 2.75) is 46.1 Å². The molecule has 0 unspecified atom stereocenters. The summed E-state index contributed by atoms with van der Waals surface area (Å²) in [6, 6.07) is 4.34. The van der Waals surface area contributed by atoms with Gasteiger partial charge in [0, 0.05) is 29.2 Å². The molecular weight excluding hydrogens is 417 g/mol. The first-order chi connectivity index (χ1) is 13.3. The molecule has 2 aromatic rings. The molecule has 1 fully saturated rings. The van der Waals surface area contributed by atoms with Crippen LogP contribution in [0, 0.1) is 13.8 Å². The van der Waals surface area contributed by atoms with Crippen LogP contribution in [0.4, 0.5) is 0 Å². The van der Waals surface area contributed by atoms with E-state index < -0.39 is 5.91 Å². The fraction of sp³-hybridized carbons (Fsp3) is 0.450. The molecule has 28 heavy (non-hydrogen) atoms. The Morgan fingerprint density at radius 1 is 1.18 bits per heavy atom. The van der Waals surface area contributed by atoms with Crippen molar-refractivity contribution < 1.29 is 9.59 Å². The fourth-order valence-electron chi connectivity index (χ4n) is 3.41. The van der Waals surface area contributed by atoms with Crippen LogP contribution in [0.5, 0.6) is 0 Å². The van der Waals surface area contributed by atoms with Crippen molar-refractivity contribution in [3.05, 3.63) is 49.2 Å². The Balaban J connectivity index is 2.03. The van der Waals surface area contributed by atoms with Crippen LogP contribution in [-0.2, 0) is 4.79 Å². The van der Waals surface area contributed by atoms with Crippen molar-refractivity contribution in [1.82, 2.24) is 9.47 Å². The Hall–Kier alpha value is -1.63. The molecule has 1 saturated heterocycles. The lowest BCUT2D eigenvalue weighted by atomic mass is 10.2. The number of benzene rings is 1. The van der Waals surface area contributed by atoms with Crippen LogP contribution < -0.4 is 4.80 Å². The second-order valence-corrected chi connectivity index (χ2v) is 8.89. The second kappa shape index (κ2) is 8.80. The van der Waals surface area contributed by atoms with Gasteiger partial charge in [0.05, 0.1) is 10.0 Å². The van der Waals surface area contributed by atoms with E-state index in [-0.39, 0.29) is 11.9 Å². The second-order valence-electron chi connectivity index (χ2n) is 6.90. The highest BCUT2D eigenvalue weighted by atomic mass is 35.5. The Morgan fingerprint density at radius 2 is 1.86 bits per heavy atom. The smallest absolute Gasteiger partial charge is 0.279 e. The predicted molar refractivity (Wildman–Crippen MR) is 113 cm³/mol. The first-order valence-corrected chi connectivity index (χ1v) is 10.9. The molecule has 1 aliphatic rings. The summed E-state index contributed by atoms with van der Waals surface area (Å²) >= 11 is 13.4. The van der Waals surface area contributed by atoms with Gasteiger partial charge in [0.2, 0.25) is 5.91 Å². The third kappa shape index (κ3) is 4.19. The van der Waals surface area contributed by atoms with E-state index in [1.165, 1.54) is 17.4 Å². The molecule has 2 heterocycles. The summed E-state index contributed by atoms with van der Waals surface area (Å²) in [7, 11) is 0. The zero-order valence-electron chi connectivity index (χ0n) is 16.2. The average molecular weight is 440 g/mol. The maximum atomic E-state index is 13.1. The summed E-state index contributed by atoms with van der Waals surface area (Å²) in [6.07, 6.45) is 2.73. The quantitative estimate of drug-likeness (QED) is 0.687. The molecular formula is C20H23Cl2N3O2S. The first kappa shape index (κ1) is 21.1. The normalized spacial score (nSPS) is 15.9. The van der Waals surface area contributed by atoms with E-state index in [1.54, 1.807) is 12.1 Å². The Labute approximate surface area is 178 Å². The van der Waals surface area contributed by atoms with Crippen molar-refractivity contribution in [1.29, 1.82) is 0 Å². The van der Waals surface area contributed by atoms with Gasteiger partial charge >= 0.3 is 0 Å². The van der Waals surface area contributed by atoms with E-state index in [0.29, 0.717) is 26.8 Å². The maximum absolute atomic E-state index is 13.1. The zero-order valence-corrected chi connectivity index (χ0v) is 18.5. The van der Waals surface area contributed by atoms with Crippen LogP contribution in [0.15, 0.2) is 23.2 Å². The van der Waals surface area contributed by atoms with Gasteiger partial charge in [0.15, 0.2) is 4.80 Å². The van der Waals surface area contributed by atoms with Gasteiger partial charge < -0.3 is 9.47 Å². The highest BCUT2D eigenvalue weighted by molar-refractivity contribution is 7.09. The molecule has 0 bridgehead atoms. The van der Waals surface area contributed by atoms with Gasteiger partial charge in [0.25, 0.3) is 5.91 Å². The number of amides is 2. The van der Waals surface area contributed by atoms with Gasteiger partial charge in [-0.2, -0.15) is 4.99 Å². The number of aryl methyl sites for hydroxylation is 1. The molecule has 3 rings (SSSR count). The molecule has 8 heteroatoms. The standard InChI is InChI=1S/C20H23Cl2N3O2S/c1-4-17(19(27)24-9-5-6-10-24)25-12(2)13(3)28-20(25)23-18(26)14-7-8-15(21)16(22)11-14/h7-8,11,17H,4-6,9-10H2,1-3H3/t17-/m0/s1. The molecule has 0 spiro atoms. The molecule has 1 aromatic heterocycles. The van der Waals surface area contributed by atoms with E-state index in [4.69, 9.17) is 23.2 Å². The van der Waals surface area contributed by atoms with Crippen LogP contribution in [0.25, 0.3) is 0 Å². The monoisotopic (exact) mass is 439 g/mol. The number of aromatic nitrogens is 1. The number of likely N-dealkylation sites (tertiary alicyclic amines) is 1. The van der Waals surface area contributed by atoms with E-state index in [2.05, 4.69) is 4.99 Å². The van der Waals surface area contributed by atoms with Crippen LogP contribution in [0.2, 0.25) is 10.0 Å². The highest BCUT2D eigenvalue weighted by Gasteiger charge is 2.28. The number of rotatable bonds is 4. The number of carbonyl (C=O) groups excluding carboxylic acids is 2. The van der Waals surface area contributed by atoms with Gasteiger partial charge in [-0.25, -0.2) is 0 Å². The lowest BCUT2D eigenvalue weighted by Crippen LogP contribution is -2.38. The summed E-state index contributed by atoms with van der Waals surface area (Å²) in [5.41, 5.74) is 1.33. The first-order valence-electron chi connectivity index (χ1n) is 9.35. The Bertz CT molecular complexity index is 974. The van der Waals surface area contributed by atoms with Gasteiger partial charge in [-0.15, -0.1) is 11.3 Å². The van der Waals surface area contributed by atoms with Crippen molar-refractivity contribution in [3.8, 4) is 0 Å². The maximum Gasteiger partial charge on any atom is 0.279 e. The molecule has 1 aromatic carbocycles. The minimum absolute atomic E-state index is 0.101. The zero-order chi connectivity index (χ0) is 20.4. The van der Waals surface area contributed by atoms with Gasteiger partial charge in [-0.1, -0.05) is 30.1 Å². The van der Waals surface area contributed by atoms with Crippen molar-refractivity contribution >= 4 is 46.4 Å². The van der Waals surface area contributed by atoms with Gasteiger partial charge in [-0.05, 0) is 51.3 Å². The van der Waals surface area contributed by atoms with E-state index in [1.807, 2.05) is 30.2 Å². The summed E-state index contributed by atoms with van der Waals surface area (Å²) < 4.78 is 1.91. The topological polar surface area (TPSA) is 54.7 Å². The third-order valence-corrected chi connectivity index (χ3v) is 6.90. The van der Waals surface area contributed by atoms with Crippen LogP contribution >= 0.6 is 34.5 Å². The summed E-state index contributed by atoms with van der Waals surface area (Å²) in [5.74, 6) is -0.304. The number of halogens is 2. The number of hydrogen-bond donors (Lipinski definition) is 0. The number of hydrogen-bond acceptors (Lipinski definition) is 3. The summed E-state index contributed by atoms with van der Waals surface area (Å²) in [6.45, 7) is 7.53. The van der Waals surface area contributed by atoms with Gasteiger partial charge in [0.1, 0.15) is 6.04 Å². The minimum atomic E-state index is -0.406. The molecule has 0 N–H and O–H groups in total. The minimum Gasteiger partial charge on any atom is -0.341 e. The molecule has 1 aliphatic heterocycles. The molecule has 0 aliphatic carbocycles. The van der Waals surface area contributed by atoms with E-state index in [0.717, 1.165) is 36.5 Å². The fourth-order valence-corrected chi connectivity index (χ4v) is 4.72. The number of thiazole rings is 1. The van der Waals surface area contributed by atoms with Crippen LogP contribution in [0.1, 0.15) is 53.2 Å². The largest absolute Gasteiger partial charge is 0.341 e. The predicted octanol–water partition coefficient (Wildman–Crippen LogP) is 4.79. The van der Waals surface area contributed by atoms with E-state index >= 15 is 0 Å². The Morgan fingerprint density at radius 3 is 2.46 bits per heavy atom. The summed E-state index contributed by atoms with van der Waals surface area (Å²) in [5, 5.41) is 0.697. The molecule has 1 atom stereocenters. The lowest BCUT2D eigenvalue weighted by Gasteiger charge is -2.24. The number of nitrogens with zero attached hydrogens (tertiary/aromatic N) is 3. The molecule has 2 amide bonds. The van der Waals surface area contributed by atoms with Crippen molar-refractivity contribution in [2.75, 3.05) is 13.1 Å². The molecule has 5 nitrogen and oxygen atoms in total. The lowest BCUT2D eigenvalue weighted by molar-refractivity contribution is -0.133. The molecule has 0 radical (unpaired) electrons. The third-order valence-electron chi connectivity index (χ3n) is 5.09. The van der Waals surface area contributed by atoms with Crippen molar-refractivity contribution in [2.24, 2.45) is 4.99 Å². The number of carbonyl (C=O) groups is 2. The summed E-state index contributed by atoms with van der Waals surface area (Å²) in [4.78, 5) is 33.6. The van der Waals surface area contributed by atoms with E-state index in [9.17, 15) is 9.59 Å². The van der Waals surface area contributed by atoms with Crippen LogP contribution in [0.3, 0.4) is 0 Å². The van der Waals surface area contributed by atoms with Gasteiger partial charge in [-0.3, -0.25) is 9.59 Å².